The molecule has 6 heteroatoms. The van der Waals surface area contributed by atoms with E-state index >= 15 is 0 Å². The third kappa shape index (κ3) is 5.53. The molecular weight excluding hydrogens is 316 g/mol. The van der Waals surface area contributed by atoms with Gasteiger partial charge in [-0.1, -0.05) is 12.8 Å². The maximum absolute atomic E-state index is 12.5. The largest absolute Gasteiger partial charge is 0.341 e. The zero-order valence-corrected chi connectivity index (χ0v) is 14.8. The van der Waals surface area contributed by atoms with Gasteiger partial charge >= 0.3 is 0 Å². The van der Waals surface area contributed by atoms with Crippen LogP contribution in [0, 0.1) is 5.92 Å². The molecule has 1 saturated heterocycles. The number of carbonyl (C=O) groups excluding carboxylic acids is 2. The van der Waals surface area contributed by atoms with Crippen LogP contribution in [-0.2, 0) is 9.59 Å². The number of amides is 2. The van der Waals surface area contributed by atoms with Crippen molar-refractivity contribution >= 4 is 17.5 Å². The van der Waals surface area contributed by atoms with Gasteiger partial charge in [0.25, 0.3) is 0 Å². The Morgan fingerprint density at radius 3 is 2.56 bits per heavy atom. The van der Waals surface area contributed by atoms with E-state index in [9.17, 15) is 9.59 Å². The van der Waals surface area contributed by atoms with Crippen LogP contribution < -0.4 is 5.32 Å². The molecule has 1 saturated carbocycles. The van der Waals surface area contributed by atoms with Crippen molar-refractivity contribution in [2.45, 2.75) is 38.5 Å². The highest BCUT2D eigenvalue weighted by Gasteiger charge is 2.24. The van der Waals surface area contributed by atoms with E-state index in [1.165, 1.54) is 25.7 Å². The van der Waals surface area contributed by atoms with Crippen molar-refractivity contribution in [1.29, 1.82) is 0 Å². The summed E-state index contributed by atoms with van der Waals surface area (Å²) in [7, 11) is 0. The van der Waals surface area contributed by atoms with Crippen LogP contribution in [0.25, 0.3) is 0 Å². The van der Waals surface area contributed by atoms with Gasteiger partial charge in [-0.05, 0) is 37.3 Å². The maximum Gasteiger partial charge on any atom is 0.238 e. The van der Waals surface area contributed by atoms with Crippen molar-refractivity contribution in [2.75, 3.05) is 38.0 Å². The van der Waals surface area contributed by atoms with Crippen molar-refractivity contribution in [1.82, 2.24) is 14.8 Å². The maximum atomic E-state index is 12.5. The van der Waals surface area contributed by atoms with E-state index in [1.807, 2.05) is 4.90 Å². The second kappa shape index (κ2) is 8.94. The lowest BCUT2D eigenvalue weighted by Crippen LogP contribution is -2.38. The smallest absolute Gasteiger partial charge is 0.238 e. The van der Waals surface area contributed by atoms with Gasteiger partial charge in [-0.15, -0.1) is 0 Å². The average Bonchev–Trinajstić information content (AvgIpc) is 3.00. The number of carbonyl (C=O) groups is 2. The molecule has 0 bridgehead atoms. The van der Waals surface area contributed by atoms with Gasteiger partial charge < -0.3 is 10.2 Å². The standard InChI is InChI=1S/C19H28N4O2/c24-18(21-17-6-8-20-9-7-17)15-22-10-3-11-23(13-12-22)19(25)14-16-4-1-2-5-16/h6-9,16H,1-5,10-15H2,(H,20,21,24). The molecule has 1 N–H and O–H groups in total. The Bertz CT molecular complexity index is 572. The van der Waals surface area contributed by atoms with Gasteiger partial charge in [-0.2, -0.15) is 0 Å². The zero-order chi connectivity index (χ0) is 17.5. The third-order valence-electron chi connectivity index (χ3n) is 5.21. The summed E-state index contributed by atoms with van der Waals surface area (Å²) in [6.45, 7) is 3.53. The lowest BCUT2D eigenvalue weighted by Gasteiger charge is -2.23. The number of nitrogens with zero attached hydrogens (tertiary/aromatic N) is 3. The quantitative estimate of drug-likeness (QED) is 0.889. The molecule has 3 rings (SSSR count). The second-order valence-corrected chi connectivity index (χ2v) is 7.15. The molecule has 2 amide bonds. The fraction of sp³-hybridized carbons (Fsp3) is 0.632. The van der Waals surface area contributed by atoms with Crippen LogP contribution in [0.3, 0.4) is 0 Å². The molecule has 136 valence electrons. The van der Waals surface area contributed by atoms with E-state index in [1.54, 1.807) is 24.5 Å². The number of hydrogen-bond donors (Lipinski definition) is 1. The fourth-order valence-electron chi connectivity index (χ4n) is 3.81. The van der Waals surface area contributed by atoms with E-state index in [0.717, 1.165) is 38.3 Å². The minimum Gasteiger partial charge on any atom is -0.341 e. The molecule has 1 aliphatic heterocycles. The number of nitrogens with one attached hydrogen (secondary N) is 1. The van der Waals surface area contributed by atoms with Crippen molar-refractivity contribution in [2.24, 2.45) is 5.92 Å². The number of hydrogen-bond acceptors (Lipinski definition) is 4. The van der Waals surface area contributed by atoms with Crippen LogP contribution in [0.2, 0.25) is 0 Å². The summed E-state index contributed by atoms with van der Waals surface area (Å²) in [6.07, 6.45) is 9.94. The molecule has 2 fully saturated rings. The van der Waals surface area contributed by atoms with Crippen LogP contribution >= 0.6 is 0 Å². The van der Waals surface area contributed by atoms with Gasteiger partial charge in [0.05, 0.1) is 6.54 Å². The summed E-state index contributed by atoms with van der Waals surface area (Å²) >= 11 is 0. The fourth-order valence-corrected chi connectivity index (χ4v) is 3.81. The molecule has 2 aliphatic rings. The van der Waals surface area contributed by atoms with Crippen LogP contribution in [0.15, 0.2) is 24.5 Å². The van der Waals surface area contributed by atoms with Crippen LogP contribution in [0.1, 0.15) is 38.5 Å². The summed E-state index contributed by atoms with van der Waals surface area (Å²) in [4.78, 5) is 32.8. The average molecular weight is 344 g/mol. The number of pyridine rings is 1. The molecule has 0 aromatic carbocycles. The second-order valence-electron chi connectivity index (χ2n) is 7.15. The predicted octanol–water partition coefficient (Wildman–Crippen LogP) is 2.13. The van der Waals surface area contributed by atoms with E-state index in [4.69, 9.17) is 0 Å². The Hall–Kier alpha value is -1.95. The molecule has 0 spiro atoms. The Labute approximate surface area is 149 Å². The lowest BCUT2D eigenvalue weighted by molar-refractivity contribution is -0.132. The van der Waals surface area contributed by atoms with Gasteiger partial charge in [0, 0.05) is 50.7 Å². The molecule has 1 aliphatic carbocycles. The van der Waals surface area contributed by atoms with Gasteiger partial charge in [0.15, 0.2) is 0 Å². The normalized spacial score (nSPS) is 19.6. The van der Waals surface area contributed by atoms with E-state index < -0.39 is 0 Å². The molecule has 0 atom stereocenters. The Morgan fingerprint density at radius 2 is 1.80 bits per heavy atom. The highest BCUT2D eigenvalue weighted by atomic mass is 16.2. The topological polar surface area (TPSA) is 65.5 Å². The first-order valence-electron chi connectivity index (χ1n) is 9.41. The summed E-state index contributed by atoms with van der Waals surface area (Å²) < 4.78 is 0. The van der Waals surface area contributed by atoms with Gasteiger partial charge in [-0.3, -0.25) is 19.5 Å². The first-order chi connectivity index (χ1) is 12.2. The summed E-state index contributed by atoms with van der Waals surface area (Å²) in [6, 6.07) is 3.56. The van der Waals surface area contributed by atoms with Crippen molar-refractivity contribution in [3.8, 4) is 0 Å². The third-order valence-corrected chi connectivity index (χ3v) is 5.21. The molecule has 6 nitrogen and oxygen atoms in total. The molecule has 2 heterocycles. The summed E-state index contributed by atoms with van der Waals surface area (Å²) in [5, 5.41) is 2.89. The van der Waals surface area contributed by atoms with Crippen LogP contribution in [-0.4, -0.2) is 59.3 Å². The highest BCUT2D eigenvalue weighted by molar-refractivity contribution is 5.92. The predicted molar refractivity (Wildman–Crippen MR) is 97.1 cm³/mol. The highest BCUT2D eigenvalue weighted by Crippen LogP contribution is 2.28. The minimum atomic E-state index is -0.0167. The number of anilines is 1. The molecule has 25 heavy (non-hydrogen) atoms. The van der Waals surface area contributed by atoms with Crippen molar-refractivity contribution < 1.29 is 9.59 Å². The SMILES string of the molecule is O=C(CN1CCCN(C(=O)CC2CCCC2)CC1)Nc1ccncc1. The first-order valence-corrected chi connectivity index (χ1v) is 9.41. The zero-order valence-electron chi connectivity index (χ0n) is 14.8. The molecule has 1 aromatic heterocycles. The van der Waals surface area contributed by atoms with E-state index in [-0.39, 0.29) is 5.91 Å². The summed E-state index contributed by atoms with van der Waals surface area (Å²) in [5.41, 5.74) is 0.767. The van der Waals surface area contributed by atoms with Crippen molar-refractivity contribution in [3.05, 3.63) is 24.5 Å². The molecule has 1 aromatic rings. The van der Waals surface area contributed by atoms with Gasteiger partial charge in [-0.25, -0.2) is 0 Å². The molecule has 0 unspecified atom stereocenters. The minimum absolute atomic E-state index is 0.0167. The first kappa shape index (κ1) is 17.9. The molecule has 0 radical (unpaired) electrons. The molecular formula is C19H28N4O2. The van der Waals surface area contributed by atoms with E-state index in [0.29, 0.717) is 24.8 Å². The summed E-state index contributed by atoms with van der Waals surface area (Å²) in [5.74, 6) is 0.880. The van der Waals surface area contributed by atoms with E-state index in [2.05, 4.69) is 15.2 Å². The van der Waals surface area contributed by atoms with Crippen LogP contribution in [0.5, 0.6) is 0 Å². The monoisotopic (exact) mass is 344 g/mol. The van der Waals surface area contributed by atoms with Gasteiger partial charge in [0.1, 0.15) is 0 Å². The van der Waals surface area contributed by atoms with Gasteiger partial charge in [0.2, 0.25) is 11.8 Å². The number of aromatic nitrogens is 1. The number of rotatable bonds is 5. The van der Waals surface area contributed by atoms with Crippen LogP contribution in [0.4, 0.5) is 5.69 Å². The Balaban J connectivity index is 1.43. The Morgan fingerprint density at radius 1 is 1.04 bits per heavy atom. The lowest BCUT2D eigenvalue weighted by atomic mass is 10.0. The van der Waals surface area contributed by atoms with Crippen molar-refractivity contribution in [3.63, 3.8) is 0 Å². The Kier molecular flexibility index (Phi) is 6.39.